The molecule has 0 amide bonds. The molecule has 0 heterocycles. The summed E-state index contributed by atoms with van der Waals surface area (Å²) in [6, 6.07) is 2.32. The zero-order chi connectivity index (χ0) is 7.49. The maximum absolute atomic E-state index is 8.63. The fraction of sp³-hybridized carbons (Fsp3) is 0.833. The molecule has 0 spiro atoms. The van der Waals surface area contributed by atoms with Gasteiger partial charge in [-0.3, -0.25) is 0 Å². The van der Waals surface area contributed by atoms with E-state index < -0.39 is 8.07 Å². The highest BCUT2D eigenvalue weighted by Gasteiger charge is 2.25. The molecule has 0 aromatic carbocycles. The second-order valence-electron chi connectivity index (χ2n) is 3.11. The second kappa shape index (κ2) is 3.28. The summed E-state index contributed by atoms with van der Waals surface area (Å²) in [4.78, 5) is 0.262. The van der Waals surface area contributed by atoms with E-state index in [0.717, 1.165) is 0 Å². The highest BCUT2D eigenvalue weighted by atomic mass is 32.2. The Balaban J connectivity index is 4.00. The minimum atomic E-state index is -1.18. The largest absolute Gasteiger partial charge is 0.197 e. The molecular formula is C6H13NSSi. The van der Waals surface area contributed by atoms with Crippen LogP contribution in [0, 0.1) is 11.3 Å². The number of hydrogen-bond acceptors (Lipinski definition) is 2. The summed E-state index contributed by atoms with van der Waals surface area (Å²) >= 11 is 1.68. The number of nitrogens with zero attached hydrogens (tertiary/aromatic N) is 1. The Morgan fingerprint density at radius 3 is 1.89 bits per heavy atom. The van der Waals surface area contributed by atoms with Gasteiger partial charge >= 0.3 is 0 Å². The van der Waals surface area contributed by atoms with Gasteiger partial charge in [-0.2, -0.15) is 17.0 Å². The van der Waals surface area contributed by atoms with Crippen LogP contribution in [-0.4, -0.2) is 19.2 Å². The number of rotatable bonds is 2. The smallest absolute Gasteiger partial charge is 0.0821 e. The second-order valence-corrected chi connectivity index (χ2v) is 9.78. The summed E-state index contributed by atoms with van der Waals surface area (Å²) in [5, 5.41) is 8.63. The minimum absolute atomic E-state index is 0.262. The van der Waals surface area contributed by atoms with E-state index in [-0.39, 0.29) is 4.87 Å². The molecule has 52 valence electrons. The van der Waals surface area contributed by atoms with E-state index in [4.69, 9.17) is 5.26 Å². The van der Waals surface area contributed by atoms with Crippen molar-refractivity contribution in [3.05, 3.63) is 0 Å². The van der Waals surface area contributed by atoms with Crippen LogP contribution in [0.5, 0.6) is 0 Å². The molecule has 0 radical (unpaired) electrons. The normalized spacial score (nSPS) is 14.6. The maximum Gasteiger partial charge on any atom is 0.0821 e. The third kappa shape index (κ3) is 2.92. The van der Waals surface area contributed by atoms with E-state index in [0.29, 0.717) is 0 Å². The average molecular weight is 159 g/mol. The van der Waals surface area contributed by atoms with Crippen LogP contribution in [0.1, 0.15) is 0 Å². The lowest BCUT2D eigenvalue weighted by Crippen LogP contribution is -2.34. The van der Waals surface area contributed by atoms with Crippen molar-refractivity contribution in [3.63, 3.8) is 0 Å². The standard InChI is InChI=1S/C6H13NSSi/c1-8-6(5-7)9(2,3)4/h6H,1-4H3. The van der Waals surface area contributed by atoms with E-state index in [1.54, 1.807) is 11.8 Å². The van der Waals surface area contributed by atoms with Crippen LogP contribution in [0.3, 0.4) is 0 Å². The van der Waals surface area contributed by atoms with Crippen LogP contribution >= 0.6 is 11.8 Å². The highest BCUT2D eigenvalue weighted by Crippen LogP contribution is 2.18. The van der Waals surface area contributed by atoms with Crippen LogP contribution in [0.2, 0.25) is 19.6 Å². The zero-order valence-corrected chi connectivity index (χ0v) is 8.25. The predicted octanol–water partition coefficient (Wildman–Crippen LogP) is 2.12. The minimum Gasteiger partial charge on any atom is -0.197 e. The fourth-order valence-corrected chi connectivity index (χ4v) is 3.92. The summed E-state index contributed by atoms with van der Waals surface area (Å²) in [5.41, 5.74) is 0. The predicted molar refractivity (Wildman–Crippen MR) is 46.3 cm³/mol. The van der Waals surface area contributed by atoms with Crippen molar-refractivity contribution in [1.82, 2.24) is 0 Å². The Bertz CT molecular complexity index is 122. The molecule has 0 aliphatic carbocycles. The quantitative estimate of drug-likeness (QED) is 0.576. The molecule has 0 aliphatic rings. The molecular weight excluding hydrogens is 146 g/mol. The Hall–Kier alpha value is 0.0569. The number of thioether (sulfide) groups is 1. The molecule has 0 saturated carbocycles. The third-order valence-electron chi connectivity index (χ3n) is 1.14. The first-order chi connectivity index (χ1) is 4.02. The van der Waals surface area contributed by atoms with Gasteiger partial charge in [0, 0.05) is 0 Å². The lowest BCUT2D eigenvalue weighted by molar-refractivity contribution is 1.39. The van der Waals surface area contributed by atoms with E-state index in [9.17, 15) is 0 Å². The summed E-state index contributed by atoms with van der Waals surface area (Å²) < 4.78 is 0. The van der Waals surface area contributed by atoms with Gasteiger partial charge in [-0.05, 0) is 6.26 Å². The Labute approximate surface area is 62.5 Å². The Morgan fingerprint density at radius 2 is 1.89 bits per heavy atom. The molecule has 0 aliphatic heterocycles. The van der Waals surface area contributed by atoms with Crippen molar-refractivity contribution in [1.29, 1.82) is 5.26 Å². The zero-order valence-electron chi connectivity index (χ0n) is 6.43. The first kappa shape index (κ1) is 9.06. The van der Waals surface area contributed by atoms with E-state index in [2.05, 4.69) is 25.7 Å². The fourth-order valence-electron chi connectivity index (χ4n) is 0.600. The van der Waals surface area contributed by atoms with Gasteiger partial charge in [-0.25, -0.2) is 0 Å². The first-order valence-electron chi connectivity index (χ1n) is 2.94. The molecule has 3 heteroatoms. The average Bonchev–Trinajstić information content (AvgIpc) is 1.65. The van der Waals surface area contributed by atoms with Gasteiger partial charge in [-0.1, -0.05) is 19.6 Å². The van der Waals surface area contributed by atoms with E-state index in [1.807, 2.05) is 6.26 Å². The summed E-state index contributed by atoms with van der Waals surface area (Å²) in [6.07, 6.45) is 2.01. The monoisotopic (exact) mass is 159 g/mol. The Kier molecular flexibility index (Phi) is 3.30. The van der Waals surface area contributed by atoms with Crippen LogP contribution in [0.4, 0.5) is 0 Å². The van der Waals surface area contributed by atoms with Crippen LogP contribution < -0.4 is 0 Å². The van der Waals surface area contributed by atoms with Crippen LogP contribution in [0.15, 0.2) is 0 Å². The molecule has 1 unspecified atom stereocenters. The van der Waals surface area contributed by atoms with Crippen LogP contribution in [-0.2, 0) is 0 Å². The summed E-state index contributed by atoms with van der Waals surface area (Å²) in [7, 11) is -1.18. The lowest BCUT2D eigenvalue weighted by Gasteiger charge is -2.19. The molecule has 0 fully saturated rings. The number of hydrogen-bond donors (Lipinski definition) is 0. The molecule has 9 heavy (non-hydrogen) atoms. The summed E-state index contributed by atoms with van der Waals surface area (Å²) in [6.45, 7) is 6.66. The van der Waals surface area contributed by atoms with Gasteiger partial charge in [0.15, 0.2) is 0 Å². The molecule has 0 N–H and O–H groups in total. The van der Waals surface area contributed by atoms with Gasteiger partial charge in [0.1, 0.15) is 0 Å². The van der Waals surface area contributed by atoms with Crippen molar-refractivity contribution >= 4 is 19.8 Å². The third-order valence-corrected chi connectivity index (χ3v) is 6.25. The maximum atomic E-state index is 8.63. The van der Waals surface area contributed by atoms with E-state index in [1.165, 1.54) is 0 Å². The van der Waals surface area contributed by atoms with Gasteiger partial charge in [0.05, 0.1) is 19.0 Å². The lowest BCUT2D eigenvalue weighted by atomic mass is 10.9. The molecule has 0 rings (SSSR count). The molecule has 0 bridgehead atoms. The Morgan fingerprint density at radius 1 is 1.44 bits per heavy atom. The van der Waals surface area contributed by atoms with Crippen molar-refractivity contribution in [2.45, 2.75) is 24.5 Å². The van der Waals surface area contributed by atoms with Gasteiger partial charge < -0.3 is 0 Å². The van der Waals surface area contributed by atoms with Gasteiger partial charge in [0.25, 0.3) is 0 Å². The van der Waals surface area contributed by atoms with Crippen molar-refractivity contribution < 1.29 is 0 Å². The van der Waals surface area contributed by atoms with E-state index >= 15 is 0 Å². The van der Waals surface area contributed by atoms with Gasteiger partial charge in [-0.15, -0.1) is 0 Å². The van der Waals surface area contributed by atoms with Gasteiger partial charge in [0.2, 0.25) is 0 Å². The highest BCUT2D eigenvalue weighted by molar-refractivity contribution is 8.01. The van der Waals surface area contributed by atoms with Crippen molar-refractivity contribution in [2.75, 3.05) is 6.26 Å². The first-order valence-corrected chi connectivity index (χ1v) is 7.81. The summed E-state index contributed by atoms with van der Waals surface area (Å²) in [5.74, 6) is 0. The molecule has 0 saturated heterocycles. The molecule has 1 atom stereocenters. The number of nitriles is 1. The molecule has 0 aromatic rings. The van der Waals surface area contributed by atoms with Crippen LogP contribution in [0.25, 0.3) is 0 Å². The molecule has 0 aromatic heterocycles. The topological polar surface area (TPSA) is 23.8 Å². The molecule has 1 nitrogen and oxygen atoms in total. The SMILES string of the molecule is CSC(C#N)[Si](C)(C)C. The van der Waals surface area contributed by atoms with Crippen molar-refractivity contribution in [2.24, 2.45) is 0 Å². The van der Waals surface area contributed by atoms with Crippen molar-refractivity contribution in [3.8, 4) is 6.07 Å².